The Balaban J connectivity index is 2.53. The molecule has 0 aliphatic heterocycles. The zero-order valence-electron chi connectivity index (χ0n) is 5.68. The van der Waals surface area contributed by atoms with E-state index in [9.17, 15) is 0 Å². The largest absolute Gasteiger partial charge is 0.368 e. The van der Waals surface area contributed by atoms with E-state index in [2.05, 4.69) is 16.3 Å². The highest BCUT2D eigenvalue weighted by molar-refractivity contribution is 5.16. The molecule has 0 saturated carbocycles. The average molecular weight is 148 g/mol. The number of imidazole rings is 2. The summed E-state index contributed by atoms with van der Waals surface area (Å²) >= 11 is 0. The molecule has 0 fully saturated rings. The molecule has 0 bridgehead atoms. The molecule has 11 heavy (non-hydrogen) atoms. The fourth-order valence-corrected chi connectivity index (χ4v) is 0.833. The minimum atomic E-state index is 0.416. The SMILES string of the molecule is Nc1nccn1-n1[c]ncc1. The molecule has 0 unspecified atom stereocenters. The van der Waals surface area contributed by atoms with E-state index in [0.717, 1.165) is 0 Å². The zero-order valence-corrected chi connectivity index (χ0v) is 5.68. The summed E-state index contributed by atoms with van der Waals surface area (Å²) < 4.78 is 3.25. The molecule has 0 amide bonds. The first-order valence-corrected chi connectivity index (χ1v) is 3.08. The van der Waals surface area contributed by atoms with Gasteiger partial charge in [-0.2, -0.15) is 0 Å². The molecule has 0 aliphatic carbocycles. The van der Waals surface area contributed by atoms with Gasteiger partial charge < -0.3 is 5.73 Å². The second kappa shape index (κ2) is 2.12. The molecular formula is C6H6N5. The van der Waals surface area contributed by atoms with E-state index in [1.807, 2.05) is 0 Å². The summed E-state index contributed by atoms with van der Waals surface area (Å²) in [6, 6.07) is 0. The van der Waals surface area contributed by atoms with Gasteiger partial charge in [0.1, 0.15) is 0 Å². The number of anilines is 1. The van der Waals surface area contributed by atoms with Crippen LogP contribution in [0.4, 0.5) is 5.95 Å². The minimum Gasteiger partial charge on any atom is -0.368 e. The summed E-state index contributed by atoms with van der Waals surface area (Å²) in [6.45, 7) is 0. The highest BCUT2D eigenvalue weighted by Gasteiger charge is 1.97. The minimum absolute atomic E-state index is 0.416. The van der Waals surface area contributed by atoms with Crippen molar-refractivity contribution in [2.24, 2.45) is 0 Å². The molecule has 5 nitrogen and oxygen atoms in total. The summed E-state index contributed by atoms with van der Waals surface area (Å²) in [7, 11) is 0. The highest BCUT2D eigenvalue weighted by Crippen LogP contribution is 1.98. The summed E-state index contributed by atoms with van der Waals surface area (Å²) in [6.07, 6.45) is 9.39. The smallest absolute Gasteiger partial charge is 0.219 e. The molecule has 55 valence electrons. The van der Waals surface area contributed by atoms with Crippen molar-refractivity contribution in [2.45, 2.75) is 0 Å². The van der Waals surface area contributed by atoms with Crippen LogP contribution in [0.2, 0.25) is 0 Å². The summed E-state index contributed by atoms with van der Waals surface area (Å²) in [5, 5.41) is 0. The van der Waals surface area contributed by atoms with Crippen LogP contribution >= 0.6 is 0 Å². The van der Waals surface area contributed by atoms with E-state index < -0.39 is 0 Å². The second-order valence-electron chi connectivity index (χ2n) is 2.00. The van der Waals surface area contributed by atoms with Gasteiger partial charge in [0.15, 0.2) is 6.33 Å². The molecule has 2 aromatic heterocycles. The molecule has 1 radical (unpaired) electrons. The van der Waals surface area contributed by atoms with Crippen molar-refractivity contribution >= 4 is 5.95 Å². The Kier molecular flexibility index (Phi) is 1.15. The third-order valence-corrected chi connectivity index (χ3v) is 1.32. The molecule has 0 saturated heterocycles. The van der Waals surface area contributed by atoms with Crippen LogP contribution in [0.25, 0.3) is 0 Å². The Morgan fingerprint density at radius 3 is 2.82 bits per heavy atom. The van der Waals surface area contributed by atoms with Gasteiger partial charge in [-0.25, -0.2) is 19.3 Å². The monoisotopic (exact) mass is 148 g/mol. The number of nitrogens with two attached hydrogens (primary N) is 1. The molecule has 0 aromatic carbocycles. The van der Waals surface area contributed by atoms with E-state index in [4.69, 9.17) is 5.73 Å². The lowest BCUT2D eigenvalue weighted by Crippen LogP contribution is -2.09. The lowest BCUT2D eigenvalue weighted by molar-refractivity contribution is 0.662. The first-order chi connectivity index (χ1) is 5.38. The number of aromatic nitrogens is 4. The van der Waals surface area contributed by atoms with E-state index in [1.54, 1.807) is 34.1 Å². The first-order valence-electron chi connectivity index (χ1n) is 3.08. The van der Waals surface area contributed by atoms with Gasteiger partial charge in [0.25, 0.3) is 0 Å². The van der Waals surface area contributed by atoms with Crippen molar-refractivity contribution in [3.63, 3.8) is 0 Å². The van der Waals surface area contributed by atoms with Crippen LogP contribution < -0.4 is 5.73 Å². The maximum atomic E-state index is 5.52. The van der Waals surface area contributed by atoms with Crippen LogP contribution in [-0.4, -0.2) is 19.3 Å². The zero-order chi connectivity index (χ0) is 7.68. The predicted octanol–water partition coefficient (Wildman–Crippen LogP) is -0.227. The van der Waals surface area contributed by atoms with Crippen molar-refractivity contribution in [3.8, 4) is 0 Å². The Labute approximate surface area is 63.1 Å². The van der Waals surface area contributed by atoms with Gasteiger partial charge in [0.05, 0.1) is 0 Å². The quantitative estimate of drug-likeness (QED) is 0.607. The van der Waals surface area contributed by atoms with Gasteiger partial charge in [-0.15, -0.1) is 0 Å². The molecule has 0 spiro atoms. The third kappa shape index (κ3) is 0.861. The summed E-state index contributed by atoms with van der Waals surface area (Å²) in [5.41, 5.74) is 5.52. The Hall–Kier alpha value is -1.78. The number of nitrogen functional groups attached to an aromatic ring is 1. The number of hydrogen-bond donors (Lipinski definition) is 1. The van der Waals surface area contributed by atoms with Crippen molar-refractivity contribution in [1.29, 1.82) is 0 Å². The van der Waals surface area contributed by atoms with E-state index in [1.165, 1.54) is 0 Å². The van der Waals surface area contributed by atoms with E-state index in [0.29, 0.717) is 5.95 Å². The van der Waals surface area contributed by atoms with Crippen molar-refractivity contribution in [3.05, 3.63) is 31.1 Å². The predicted molar refractivity (Wildman–Crippen MR) is 38.5 cm³/mol. The second-order valence-corrected chi connectivity index (χ2v) is 2.00. The molecule has 2 rings (SSSR count). The molecule has 0 aliphatic rings. The number of hydrogen-bond acceptors (Lipinski definition) is 3. The van der Waals surface area contributed by atoms with Crippen molar-refractivity contribution in [2.75, 3.05) is 5.73 Å². The van der Waals surface area contributed by atoms with Crippen LogP contribution in [0.1, 0.15) is 0 Å². The molecule has 0 atom stereocenters. The molecule has 2 N–H and O–H groups in total. The fourth-order valence-electron chi connectivity index (χ4n) is 0.833. The maximum Gasteiger partial charge on any atom is 0.219 e. The molecule has 5 heteroatoms. The van der Waals surface area contributed by atoms with Gasteiger partial charge in [0, 0.05) is 24.8 Å². The standard InChI is InChI=1S/C6H6N5/c7-6-9-2-4-11(6)10-3-1-8-5-10/h1-4H,(H2,7,9). The molecular weight excluding hydrogens is 142 g/mol. The van der Waals surface area contributed by atoms with E-state index >= 15 is 0 Å². The maximum absolute atomic E-state index is 5.52. The Morgan fingerprint density at radius 2 is 2.27 bits per heavy atom. The van der Waals surface area contributed by atoms with Gasteiger partial charge in [-0.3, -0.25) is 0 Å². The normalized spacial score (nSPS) is 10.2. The number of nitrogens with zero attached hydrogens (tertiary/aromatic N) is 4. The van der Waals surface area contributed by atoms with Crippen LogP contribution in [0.5, 0.6) is 0 Å². The van der Waals surface area contributed by atoms with Crippen molar-refractivity contribution in [1.82, 2.24) is 19.3 Å². The lowest BCUT2D eigenvalue weighted by atomic mass is 10.9. The van der Waals surface area contributed by atoms with Gasteiger partial charge in [-0.1, -0.05) is 0 Å². The van der Waals surface area contributed by atoms with Gasteiger partial charge in [-0.05, 0) is 0 Å². The average Bonchev–Trinajstić information content (AvgIpc) is 2.55. The van der Waals surface area contributed by atoms with E-state index in [-0.39, 0.29) is 0 Å². The highest BCUT2D eigenvalue weighted by atomic mass is 15.5. The lowest BCUT2D eigenvalue weighted by Gasteiger charge is -2.01. The molecule has 2 aromatic rings. The Bertz CT molecular complexity index is 333. The summed E-state index contributed by atoms with van der Waals surface area (Å²) in [5.74, 6) is 0.416. The van der Waals surface area contributed by atoms with Crippen LogP contribution in [0.3, 0.4) is 0 Å². The topological polar surface area (TPSA) is 61.7 Å². The van der Waals surface area contributed by atoms with Crippen LogP contribution in [-0.2, 0) is 0 Å². The van der Waals surface area contributed by atoms with Gasteiger partial charge in [0.2, 0.25) is 5.95 Å². The Morgan fingerprint density at radius 1 is 1.36 bits per heavy atom. The first kappa shape index (κ1) is 5.96. The number of rotatable bonds is 1. The van der Waals surface area contributed by atoms with Crippen molar-refractivity contribution < 1.29 is 0 Å². The summed E-state index contributed by atoms with van der Waals surface area (Å²) in [4.78, 5) is 7.60. The third-order valence-electron chi connectivity index (χ3n) is 1.32. The van der Waals surface area contributed by atoms with Gasteiger partial charge >= 0.3 is 0 Å². The fraction of sp³-hybridized carbons (Fsp3) is 0. The van der Waals surface area contributed by atoms with Crippen LogP contribution in [0, 0.1) is 6.33 Å². The van der Waals surface area contributed by atoms with Crippen LogP contribution in [0.15, 0.2) is 24.8 Å². The molecule has 2 heterocycles.